The molecule has 0 aromatic heterocycles. The normalized spacial score (nSPS) is 42.9. The highest BCUT2D eigenvalue weighted by atomic mass is 15.2. The topological polar surface area (TPSA) is 29.3 Å². The van der Waals surface area contributed by atoms with Gasteiger partial charge in [0, 0.05) is 18.1 Å². The molecular weight excluding hydrogens is 244 g/mol. The van der Waals surface area contributed by atoms with Crippen molar-refractivity contribution in [1.29, 1.82) is 0 Å². The molecule has 3 aliphatic carbocycles. The van der Waals surface area contributed by atoms with Crippen molar-refractivity contribution in [2.24, 2.45) is 23.5 Å². The minimum Gasteiger partial charge on any atom is -0.329 e. The van der Waals surface area contributed by atoms with Crippen molar-refractivity contribution >= 4 is 0 Å². The molecule has 0 aromatic rings. The monoisotopic (exact) mass is 278 g/mol. The maximum Gasteiger partial charge on any atom is 0.0334 e. The Morgan fingerprint density at radius 3 is 2.30 bits per heavy atom. The summed E-state index contributed by atoms with van der Waals surface area (Å²) in [5.74, 6) is 2.98. The molecule has 0 bridgehead atoms. The quantitative estimate of drug-likeness (QED) is 0.847. The van der Waals surface area contributed by atoms with Crippen LogP contribution in [0, 0.1) is 17.8 Å². The number of likely N-dealkylation sites (N-methyl/N-ethyl adjacent to an activating group) is 1. The molecule has 3 fully saturated rings. The minimum absolute atomic E-state index is 0.330. The van der Waals surface area contributed by atoms with Crippen LogP contribution in [0.25, 0.3) is 0 Å². The maximum absolute atomic E-state index is 6.31. The lowest BCUT2D eigenvalue weighted by atomic mass is 9.71. The van der Waals surface area contributed by atoms with Gasteiger partial charge in [-0.3, -0.25) is 4.90 Å². The van der Waals surface area contributed by atoms with Gasteiger partial charge in [0.2, 0.25) is 0 Å². The van der Waals surface area contributed by atoms with Crippen molar-refractivity contribution in [3.63, 3.8) is 0 Å². The second-order valence-corrected chi connectivity index (χ2v) is 8.15. The highest BCUT2D eigenvalue weighted by molar-refractivity contribution is 5.01. The van der Waals surface area contributed by atoms with Crippen molar-refractivity contribution < 1.29 is 0 Å². The van der Waals surface area contributed by atoms with Crippen LogP contribution < -0.4 is 5.73 Å². The molecule has 116 valence electrons. The van der Waals surface area contributed by atoms with Gasteiger partial charge in [0.05, 0.1) is 0 Å². The molecule has 2 atom stereocenters. The lowest BCUT2D eigenvalue weighted by Crippen LogP contribution is -2.58. The summed E-state index contributed by atoms with van der Waals surface area (Å²) < 4.78 is 0. The third-order valence-corrected chi connectivity index (χ3v) is 6.81. The number of nitrogens with zero attached hydrogens (tertiary/aromatic N) is 1. The van der Waals surface area contributed by atoms with E-state index in [1.54, 1.807) is 0 Å². The van der Waals surface area contributed by atoms with E-state index >= 15 is 0 Å². The average Bonchev–Trinajstić information content (AvgIpc) is 3.32. The van der Waals surface area contributed by atoms with E-state index in [-0.39, 0.29) is 0 Å². The predicted molar refractivity (Wildman–Crippen MR) is 85.7 cm³/mol. The molecule has 0 aromatic carbocycles. The van der Waals surface area contributed by atoms with E-state index in [9.17, 15) is 0 Å². The van der Waals surface area contributed by atoms with Gasteiger partial charge >= 0.3 is 0 Å². The summed E-state index contributed by atoms with van der Waals surface area (Å²) in [6, 6.07) is 0.799. The van der Waals surface area contributed by atoms with Crippen LogP contribution in [0.15, 0.2) is 0 Å². The van der Waals surface area contributed by atoms with E-state index in [1.807, 2.05) is 0 Å². The van der Waals surface area contributed by atoms with Crippen LogP contribution in [0.4, 0.5) is 0 Å². The molecule has 20 heavy (non-hydrogen) atoms. The summed E-state index contributed by atoms with van der Waals surface area (Å²) in [6.45, 7) is 3.29. The summed E-state index contributed by atoms with van der Waals surface area (Å²) in [6.07, 6.45) is 14.2. The molecule has 0 heterocycles. The van der Waals surface area contributed by atoms with E-state index in [2.05, 4.69) is 18.9 Å². The van der Waals surface area contributed by atoms with E-state index < -0.39 is 0 Å². The first-order valence-corrected chi connectivity index (χ1v) is 9.07. The fourth-order valence-corrected chi connectivity index (χ4v) is 5.02. The van der Waals surface area contributed by atoms with Crippen molar-refractivity contribution in [2.45, 2.75) is 82.7 Å². The summed E-state index contributed by atoms with van der Waals surface area (Å²) >= 11 is 0. The molecule has 0 spiro atoms. The highest BCUT2D eigenvalue weighted by Crippen LogP contribution is 2.48. The van der Waals surface area contributed by atoms with Crippen LogP contribution in [0.2, 0.25) is 0 Å². The zero-order chi connectivity index (χ0) is 14.2. The molecule has 3 saturated carbocycles. The smallest absolute Gasteiger partial charge is 0.0334 e. The molecule has 0 aliphatic heterocycles. The lowest BCUT2D eigenvalue weighted by molar-refractivity contribution is 0.00383. The molecule has 0 saturated heterocycles. The van der Waals surface area contributed by atoms with E-state index in [0.29, 0.717) is 5.54 Å². The van der Waals surface area contributed by atoms with Gasteiger partial charge in [-0.2, -0.15) is 0 Å². The first-order valence-electron chi connectivity index (χ1n) is 9.07. The Labute approximate surface area is 125 Å². The van der Waals surface area contributed by atoms with Gasteiger partial charge < -0.3 is 5.73 Å². The van der Waals surface area contributed by atoms with Crippen molar-refractivity contribution in [3.05, 3.63) is 0 Å². The van der Waals surface area contributed by atoms with Crippen LogP contribution in [0.1, 0.15) is 71.1 Å². The minimum atomic E-state index is 0.330. The van der Waals surface area contributed by atoms with Gasteiger partial charge in [0.25, 0.3) is 0 Å². The predicted octanol–water partition coefficient (Wildman–Crippen LogP) is 3.79. The van der Waals surface area contributed by atoms with Crippen LogP contribution in [0.3, 0.4) is 0 Å². The Bertz CT molecular complexity index is 317. The molecule has 2 N–H and O–H groups in total. The van der Waals surface area contributed by atoms with Gasteiger partial charge in [-0.15, -0.1) is 0 Å². The first kappa shape index (κ1) is 14.8. The Hall–Kier alpha value is -0.0800. The number of hydrogen-bond acceptors (Lipinski definition) is 2. The molecule has 3 rings (SSSR count). The largest absolute Gasteiger partial charge is 0.329 e. The molecule has 2 unspecified atom stereocenters. The van der Waals surface area contributed by atoms with Gasteiger partial charge in [-0.1, -0.05) is 19.8 Å². The Morgan fingerprint density at radius 2 is 1.70 bits per heavy atom. The number of rotatable bonds is 4. The lowest BCUT2D eigenvalue weighted by Gasteiger charge is -2.51. The van der Waals surface area contributed by atoms with Crippen molar-refractivity contribution in [2.75, 3.05) is 13.6 Å². The van der Waals surface area contributed by atoms with Crippen LogP contribution in [-0.2, 0) is 0 Å². The zero-order valence-corrected chi connectivity index (χ0v) is 13.6. The Morgan fingerprint density at radius 1 is 1.00 bits per heavy atom. The molecule has 0 amide bonds. The van der Waals surface area contributed by atoms with Crippen molar-refractivity contribution in [1.82, 2.24) is 4.90 Å². The van der Waals surface area contributed by atoms with Crippen LogP contribution in [-0.4, -0.2) is 30.1 Å². The van der Waals surface area contributed by atoms with Crippen molar-refractivity contribution in [3.8, 4) is 0 Å². The molecule has 3 aliphatic rings. The molecular formula is C18H34N2. The molecule has 2 heteroatoms. The second kappa shape index (κ2) is 5.96. The van der Waals surface area contributed by atoms with E-state index in [4.69, 9.17) is 5.73 Å². The van der Waals surface area contributed by atoms with E-state index in [0.717, 1.165) is 30.3 Å². The van der Waals surface area contributed by atoms with Gasteiger partial charge in [0.15, 0.2) is 0 Å². The van der Waals surface area contributed by atoms with Gasteiger partial charge in [-0.25, -0.2) is 0 Å². The summed E-state index contributed by atoms with van der Waals surface area (Å²) in [4.78, 5) is 2.74. The second-order valence-electron chi connectivity index (χ2n) is 8.15. The standard InChI is InChI=1S/C18H34N2/c1-14-5-9-17(10-6-14)20(2)18(13-19)11-3-4-16(12-18)15-7-8-15/h14-17H,3-13,19H2,1-2H3. The third-order valence-electron chi connectivity index (χ3n) is 6.81. The molecule has 2 nitrogen and oxygen atoms in total. The Kier molecular flexibility index (Phi) is 4.42. The van der Waals surface area contributed by atoms with E-state index in [1.165, 1.54) is 64.2 Å². The average molecular weight is 278 g/mol. The van der Waals surface area contributed by atoms with Crippen LogP contribution in [0.5, 0.6) is 0 Å². The fourth-order valence-electron chi connectivity index (χ4n) is 5.02. The van der Waals surface area contributed by atoms with Crippen LogP contribution >= 0.6 is 0 Å². The third kappa shape index (κ3) is 2.92. The number of hydrogen-bond donors (Lipinski definition) is 1. The van der Waals surface area contributed by atoms with Gasteiger partial charge in [-0.05, 0) is 76.2 Å². The fraction of sp³-hybridized carbons (Fsp3) is 1.00. The van der Waals surface area contributed by atoms with Gasteiger partial charge in [0.1, 0.15) is 0 Å². The Balaban J connectivity index is 1.67. The molecule has 0 radical (unpaired) electrons. The summed E-state index contributed by atoms with van der Waals surface area (Å²) in [7, 11) is 2.39. The number of nitrogens with two attached hydrogens (primary N) is 1. The first-order chi connectivity index (χ1) is 9.64. The maximum atomic E-state index is 6.31. The highest BCUT2D eigenvalue weighted by Gasteiger charge is 2.45. The summed E-state index contributed by atoms with van der Waals surface area (Å²) in [5, 5.41) is 0. The summed E-state index contributed by atoms with van der Waals surface area (Å²) in [5.41, 5.74) is 6.64. The SMILES string of the molecule is CC1CCC(N(C)C2(CN)CCCC(C3CC3)C2)CC1. The zero-order valence-electron chi connectivity index (χ0n) is 13.6.